The first-order valence-electron chi connectivity index (χ1n) is 10.3. The smallest absolute Gasteiger partial charge is 0.261 e. The first-order chi connectivity index (χ1) is 14.4. The van der Waals surface area contributed by atoms with Gasteiger partial charge in [0.1, 0.15) is 11.8 Å². The van der Waals surface area contributed by atoms with E-state index in [1.165, 1.54) is 5.56 Å². The molecular weight excluding hydrogens is 398 g/mol. The van der Waals surface area contributed by atoms with E-state index in [4.69, 9.17) is 16.3 Å². The van der Waals surface area contributed by atoms with Crippen LogP contribution in [0, 0.1) is 30.1 Å². The molecule has 0 aromatic heterocycles. The molecule has 0 spiro atoms. The standard InChI is InChI=1S/C24H28ClN3O2/c1-16(2)23(30-22-7-5-4-6-19(22)13-26)24(29)27-14-18-10-11-28(15-18)21-12-20(25)9-8-17(21)3/h4-9,12,16,18,23H,10-11,14-15H2,1-3H3,(H,27,29). The van der Waals surface area contributed by atoms with Gasteiger partial charge in [0.05, 0.1) is 5.56 Å². The van der Waals surface area contributed by atoms with Gasteiger partial charge in [0, 0.05) is 30.3 Å². The second-order valence-corrected chi connectivity index (χ2v) is 8.60. The third-order valence-corrected chi connectivity index (χ3v) is 5.72. The quantitative estimate of drug-likeness (QED) is 0.705. The van der Waals surface area contributed by atoms with Crippen molar-refractivity contribution in [2.45, 2.75) is 33.3 Å². The number of para-hydroxylation sites is 1. The minimum absolute atomic E-state index is 0.0223. The Morgan fingerprint density at radius 2 is 2.10 bits per heavy atom. The number of hydrogen-bond acceptors (Lipinski definition) is 4. The van der Waals surface area contributed by atoms with E-state index < -0.39 is 6.10 Å². The number of ether oxygens (including phenoxy) is 1. The summed E-state index contributed by atoms with van der Waals surface area (Å²) < 4.78 is 5.93. The predicted octanol–water partition coefficient (Wildman–Crippen LogP) is 4.57. The summed E-state index contributed by atoms with van der Waals surface area (Å²) in [7, 11) is 0. The number of halogens is 1. The van der Waals surface area contributed by atoms with Crippen LogP contribution < -0.4 is 15.0 Å². The molecular formula is C24H28ClN3O2. The normalized spacial score (nSPS) is 16.9. The van der Waals surface area contributed by atoms with Gasteiger partial charge in [-0.1, -0.05) is 43.6 Å². The van der Waals surface area contributed by atoms with E-state index in [0.717, 1.165) is 30.2 Å². The Kier molecular flexibility index (Phi) is 7.23. The van der Waals surface area contributed by atoms with E-state index in [2.05, 4.69) is 23.2 Å². The van der Waals surface area contributed by atoms with Crippen molar-refractivity contribution in [2.24, 2.45) is 11.8 Å². The average molecular weight is 426 g/mol. The highest BCUT2D eigenvalue weighted by atomic mass is 35.5. The zero-order chi connectivity index (χ0) is 21.7. The van der Waals surface area contributed by atoms with Gasteiger partial charge in [0.2, 0.25) is 0 Å². The number of hydrogen-bond donors (Lipinski definition) is 1. The summed E-state index contributed by atoms with van der Waals surface area (Å²) in [5.41, 5.74) is 2.79. The molecule has 2 aromatic carbocycles. The fourth-order valence-electron chi connectivity index (χ4n) is 3.78. The van der Waals surface area contributed by atoms with E-state index in [-0.39, 0.29) is 11.8 Å². The molecule has 1 fully saturated rings. The van der Waals surface area contributed by atoms with Crippen molar-refractivity contribution in [2.75, 3.05) is 24.5 Å². The molecule has 6 heteroatoms. The number of carbonyl (C=O) groups excluding carboxylic acids is 1. The highest BCUT2D eigenvalue weighted by Crippen LogP contribution is 2.29. The minimum Gasteiger partial charge on any atom is -0.479 e. The van der Waals surface area contributed by atoms with Gasteiger partial charge in [-0.15, -0.1) is 0 Å². The van der Waals surface area contributed by atoms with Gasteiger partial charge >= 0.3 is 0 Å². The molecule has 0 bridgehead atoms. The lowest BCUT2D eigenvalue weighted by molar-refractivity contribution is -0.130. The van der Waals surface area contributed by atoms with Gasteiger partial charge < -0.3 is 15.0 Å². The van der Waals surface area contributed by atoms with Crippen LogP contribution in [0.3, 0.4) is 0 Å². The summed E-state index contributed by atoms with van der Waals surface area (Å²) >= 11 is 6.17. The average Bonchev–Trinajstić information content (AvgIpc) is 3.20. The number of anilines is 1. The van der Waals surface area contributed by atoms with Gasteiger partial charge in [-0.2, -0.15) is 5.26 Å². The molecule has 158 valence electrons. The predicted molar refractivity (Wildman–Crippen MR) is 120 cm³/mol. The number of benzene rings is 2. The molecule has 1 heterocycles. The summed E-state index contributed by atoms with van der Waals surface area (Å²) in [6.07, 6.45) is 0.364. The molecule has 1 N–H and O–H groups in total. The van der Waals surface area contributed by atoms with E-state index >= 15 is 0 Å². The molecule has 0 aliphatic carbocycles. The first kappa shape index (κ1) is 22.0. The summed E-state index contributed by atoms with van der Waals surface area (Å²) in [6.45, 7) is 8.40. The fourth-order valence-corrected chi connectivity index (χ4v) is 3.94. The van der Waals surface area contributed by atoms with Gasteiger partial charge in [-0.3, -0.25) is 4.79 Å². The topological polar surface area (TPSA) is 65.4 Å². The molecule has 2 unspecified atom stereocenters. The zero-order valence-corrected chi connectivity index (χ0v) is 18.4. The molecule has 3 rings (SSSR count). The molecule has 1 aliphatic heterocycles. The summed E-state index contributed by atoms with van der Waals surface area (Å²) in [4.78, 5) is 15.2. The second-order valence-electron chi connectivity index (χ2n) is 8.17. The number of carbonyl (C=O) groups is 1. The number of amides is 1. The van der Waals surface area contributed by atoms with Crippen molar-refractivity contribution in [3.05, 3.63) is 58.6 Å². The SMILES string of the molecule is Cc1ccc(Cl)cc1N1CCC(CNC(=O)C(Oc2ccccc2C#N)C(C)C)C1. The van der Waals surface area contributed by atoms with Crippen LogP contribution in [-0.2, 0) is 4.79 Å². The Bertz CT molecular complexity index is 938. The molecule has 5 nitrogen and oxygen atoms in total. The fraction of sp³-hybridized carbons (Fsp3) is 0.417. The van der Waals surface area contributed by atoms with E-state index in [1.54, 1.807) is 24.3 Å². The summed E-state index contributed by atoms with van der Waals surface area (Å²) in [6, 6.07) is 15.1. The zero-order valence-electron chi connectivity index (χ0n) is 17.7. The highest BCUT2D eigenvalue weighted by Gasteiger charge is 2.28. The van der Waals surface area contributed by atoms with Crippen LogP contribution in [0.15, 0.2) is 42.5 Å². The lowest BCUT2D eigenvalue weighted by Crippen LogP contribution is -2.43. The Hall–Kier alpha value is -2.71. The van der Waals surface area contributed by atoms with Crippen LogP contribution in [0.5, 0.6) is 5.75 Å². The molecule has 0 radical (unpaired) electrons. The van der Waals surface area contributed by atoms with Crippen LogP contribution in [0.1, 0.15) is 31.4 Å². The van der Waals surface area contributed by atoms with Crippen LogP contribution in [-0.4, -0.2) is 31.6 Å². The minimum atomic E-state index is -0.646. The van der Waals surface area contributed by atoms with Gasteiger partial charge in [-0.05, 0) is 55.0 Å². The Morgan fingerprint density at radius 3 is 2.83 bits per heavy atom. The third-order valence-electron chi connectivity index (χ3n) is 5.49. The Morgan fingerprint density at radius 1 is 1.33 bits per heavy atom. The van der Waals surface area contributed by atoms with Crippen molar-refractivity contribution in [3.63, 3.8) is 0 Å². The number of rotatable bonds is 7. The Balaban J connectivity index is 1.58. The monoisotopic (exact) mass is 425 g/mol. The summed E-state index contributed by atoms with van der Waals surface area (Å²) in [5, 5.41) is 13.1. The number of nitriles is 1. The van der Waals surface area contributed by atoms with Crippen molar-refractivity contribution in [1.82, 2.24) is 5.32 Å². The number of nitrogens with one attached hydrogen (secondary N) is 1. The lowest BCUT2D eigenvalue weighted by atomic mass is 10.0. The van der Waals surface area contributed by atoms with Gasteiger partial charge in [-0.25, -0.2) is 0 Å². The summed E-state index contributed by atoms with van der Waals surface area (Å²) in [5.74, 6) is 0.643. The van der Waals surface area contributed by atoms with Gasteiger partial charge in [0.15, 0.2) is 6.10 Å². The second kappa shape index (κ2) is 9.86. The lowest BCUT2D eigenvalue weighted by Gasteiger charge is -2.24. The largest absolute Gasteiger partial charge is 0.479 e. The molecule has 1 saturated heterocycles. The maximum absolute atomic E-state index is 12.8. The Labute approximate surface area is 183 Å². The molecule has 1 amide bonds. The first-order valence-corrected chi connectivity index (χ1v) is 10.7. The van der Waals surface area contributed by atoms with Crippen LogP contribution >= 0.6 is 11.6 Å². The maximum atomic E-state index is 12.8. The maximum Gasteiger partial charge on any atom is 0.261 e. The third kappa shape index (κ3) is 5.25. The number of nitrogens with zero attached hydrogens (tertiary/aromatic N) is 2. The highest BCUT2D eigenvalue weighted by molar-refractivity contribution is 6.30. The van der Waals surface area contributed by atoms with Crippen LogP contribution in [0.25, 0.3) is 0 Å². The van der Waals surface area contributed by atoms with Crippen LogP contribution in [0.4, 0.5) is 5.69 Å². The van der Waals surface area contributed by atoms with Crippen molar-refractivity contribution < 1.29 is 9.53 Å². The van der Waals surface area contributed by atoms with Crippen molar-refractivity contribution in [3.8, 4) is 11.8 Å². The molecule has 30 heavy (non-hydrogen) atoms. The van der Waals surface area contributed by atoms with Gasteiger partial charge in [0.25, 0.3) is 5.91 Å². The van der Waals surface area contributed by atoms with Crippen molar-refractivity contribution in [1.29, 1.82) is 5.26 Å². The van der Waals surface area contributed by atoms with E-state index in [0.29, 0.717) is 23.8 Å². The molecule has 1 aliphatic rings. The molecule has 0 saturated carbocycles. The van der Waals surface area contributed by atoms with E-state index in [9.17, 15) is 10.1 Å². The molecule has 2 aromatic rings. The van der Waals surface area contributed by atoms with Crippen LogP contribution in [0.2, 0.25) is 5.02 Å². The number of aryl methyl sites for hydroxylation is 1. The van der Waals surface area contributed by atoms with Crippen molar-refractivity contribution >= 4 is 23.2 Å². The molecule has 2 atom stereocenters. The van der Waals surface area contributed by atoms with E-state index in [1.807, 2.05) is 32.0 Å².